The lowest BCUT2D eigenvalue weighted by Crippen LogP contribution is -2.14. The van der Waals surface area contributed by atoms with E-state index in [4.69, 9.17) is 11.0 Å². The van der Waals surface area contributed by atoms with Crippen LogP contribution in [0.15, 0.2) is 12.1 Å². The van der Waals surface area contributed by atoms with Crippen LogP contribution in [-0.4, -0.2) is 12.2 Å². The molecule has 0 spiro atoms. The minimum Gasteiger partial charge on any atom is -0.366 e. The molecule has 1 amide bonds. The third-order valence-electron chi connectivity index (χ3n) is 1.64. The zero-order valence-electron chi connectivity index (χ0n) is 6.95. The zero-order chi connectivity index (χ0) is 10.7. The third kappa shape index (κ3) is 1.90. The molecule has 0 heterocycles. The van der Waals surface area contributed by atoms with Gasteiger partial charge in [0.1, 0.15) is 0 Å². The van der Waals surface area contributed by atoms with Gasteiger partial charge in [0, 0.05) is 9.13 Å². The van der Waals surface area contributed by atoms with Gasteiger partial charge in [0.2, 0.25) is 5.91 Å². The fourth-order valence-corrected chi connectivity index (χ4v) is 1.76. The topological polar surface area (TPSA) is 83.9 Å². The van der Waals surface area contributed by atoms with Gasteiger partial charge in [-0.2, -0.15) is 5.26 Å². The van der Waals surface area contributed by atoms with Gasteiger partial charge in [0.25, 0.3) is 0 Å². The second-order valence-electron chi connectivity index (χ2n) is 2.51. The molecule has 0 aliphatic heterocycles. The largest absolute Gasteiger partial charge is 0.366 e. The van der Waals surface area contributed by atoms with E-state index in [-0.39, 0.29) is 11.1 Å². The molecular formula is C9H5IN2O2. The summed E-state index contributed by atoms with van der Waals surface area (Å²) in [7, 11) is 0. The van der Waals surface area contributed by atoms with E-state index in [9.17, 15) is 9.59 Å². The number of benzene rings is 1. The summed E-state index contributed by atoms with van der Waals surface area (Å²) in [6.07, 6.45) is 0.559. The molecule has 70 valence electrons. The van der Waals surface area contributed by atoms with Gasteiger partial charge in [-0.1, -0.05) is 0 Å². The molecule has 0 aliphatic rings. The van der Waals surface area contributed by atoms with Gasteiger partial charge >= 0.3 is 0 Å². The number of amides is 1. The quantitative estimate of drug-likeness (QED) is 0.655. The number of nitrogens with zero attached hydrogens (tertiary/aromatic N) is 1. The minimum atomic E-state index is -0.706. The molecule has 0 aromatic heterocycles. The van der Waals surface area contributed by atoms with Crippen LogP contribution in [0.25, 0.3) is 0 Å². The lowest BCUT2D eigenvalue weighted by molar-refractivity contribution is 0.0993. The van der Waals surface area contributed by atoms with Crippen molar-refractivity contribution in [1.29, 1.82) is 5.26 Å². The van der Waals surface area contributed by atoms with Crippen molar-refractivity contribution in [1.82, 2.24) is 0 Å². The van der Waals surface area contributed by atoms with Gasteiger partial charge in [0.05, 0.1) is 17.2 Å². The summed E-state index contributed by atoms with van der Waals surface area (Å²) in [6, 6.07) is 4.72. The predicted octanol–water partition coefficient (Wildman–Crippen LogP) is 1.07. The van der Waals surface area contributed by atoms with Crippen LogP contribution < -0.4 is 5.73 Å². The van der Waals surface area contributed by atoms with Crippen LogP contribution in [0, 0.1) is 14.9 Å². The van der Waals surface area contributed by atoms with Crippen LogP contribution in [0.3, 0.4) is 0 Å². The second kappa shape index (κ2) is 4.19. The highest BCUT2D eigenvalue weighted by Crippen LogP contribution is 2.17. The van der Waals surface area contributed by atoms with Crippen molar-refractivity contribution in [3.8, 4) is 6.07 Å². The first-order valence-corrected chi connectivity index (χ1v) is 4.66. The van der Waals surface area contributed by atoms with E-state index in [0.29, 0.717) is 15.4 Å². The van der Waals surface area contributed by atoms with E-state index < -0.39 is 5.91 Å². The number of aldehydes is 1. The molecule has 0 fully saturated rings. The highest BCUT2D eigenvalue weighted by molar-refractivity contribution is 14.1. The summed E-state index contributed by atoms with van der Waals surface area (Å²) in [6.45, 7) is 0. The summed E-state index contributed by atoms with van der Waals surface area (Å²) >= 11 is 1.88. The summed E-state index contributed by atoms with van der Waals surface area (Å²) in [5, 5.41) is 8.64. The van der Waals surface area contributed by atoms with E-state index >= 15 is 0 Å². The molecule has 1 rings (SSSR count). The second-order valence-corrected chi connectivity index (χ2v) is 3.68. The van der Waals surface area contributed by atoms with Gasteiger partial charge in [-0.3, -0.25) is 9.59 Å². The van der Waals surface area contributed by atoms with Crippen LogP contribution in [0.5, 0.6) is 0 Å². The lowest BCUT2D eigenvalue weighted by atomic mass is 10.1. The van der Waals surface area contributed by atoms with Crippen molar-refractivity contribution in [2.45, 2.75) is 0 Å². The third-order valence-corrected chi connectivity index (χ3v) is 2.53. The molecule has 0 saturated carbocycles. The van der Waals surface area contributed by atoms with Gasteiger partial charge in [-0.25, -0.2) is 0 Å². The van der Waals surface area contributed by atoms with Crippen molar-refractivity contribution in [3.63, 3.8) is 0 Å². The molecule has 0 radical (unpaired) electrons. The van der Waals surface area contributed by atoms with Crippen molar-refractivity contribution in [2.75, 3.05) is 0 Å². The molecule has 4 nitrogen and oxygen atoms in total. The van der Waals surface area contributed by atoms with Crippen molar-refractivity contribution in [2.24, 2.45) is 5.73 Å². The first-order chi connectivity index (χ1) is 6.60. The Morgan fingerprint density at radius 2 is 2.21 bits per heavy atom. The van der Waals surface area contributed by atoms with E-state index in [1.54, 1.807) is 0 Å². The smallest absolute Gasteiger partial charge is 0.249 e. The molecule has 0 bridgehead atoms. The van der Waals surface area contributed by atoms with Crippen LogP contribution in [0.2, 0.25) is 0 Å². The maximum atomic E-state index is 11.0. The molecule has 14 heavy (non-hydrogen) atoms. The molecular weight excluding hydrogens is 295 g/mol. The Morgan fingerprint density at radius 3 is 2.64 bits per heavy atom. The monoisotopic (exact) mass is 300 g/mol. The maximum Gasteiger partial charge on any atom is 0.249 e. The Morgan fingerprint density at radius 1 is 1.57 bits per heavy atom. The Balaban J connectivity index is 3.53. The van der Waals surface area contributed by atoms with Gasteiger partial charge in [-0.05, 0) is 34.7 Å². The van der Waals surface area contributed by atoms with Gasteiger partial charge in [-0.15, -0.1) is 0 Å². The number of carbonyl (C=O) groups excluding carboxylic acids is 2. The Labute approximate surface area is 93.8 Å². The summed E-state index contributed by atoms with van der Waals surface area (Å²) in [5.41, 5.74) is 5.71. The standard InChI is InChI=1S/C9H5IN2O2/c10-8-2-5(3-11)1-6(9(12)14)7(8)4-13/h1-2,4H,(H2,12,14). The minimum absolute atomic E-state index is 0.0865. The number of nitrogens with two attached hydrogens (primary N) is 1. The van der Waals surface area contributed by atoms with Crippen LogP contribution >= 0.6 is 22.6 Å². The van der Waals surface area contributed by atoms with E-state index in [1.807, 2.05) is 28.7 Å². The molecule has 5 heteroatoms. The summed E-state index contributed by atoms with van der Waals surface area (Å²) in [5.74, 6) is -0.706. The maximum absolute atomic E-state index is 11.0. The molecule has 0 unspecified atom stereocenters. The Bertz CT molecular complexity index is 449. The van der Waals surface area contributed by atoms with Crippen LogP contribution in [-0.2, 0) is 0 Å². The molecule has 1 aromatic rings. The fraction of sp³-hybridized carbons (Fsp3) is 0. The average molecular weight is 300 g/mol. The number of halogens is 1. The zero-order valence-corrected chi connectivity index (χ0v) is 9.11. The van der Waals surface area contributed by atoms with Crippen molar-refractivity contribution < 1.29 is 9.59 Å². The summed E-state index contributed by atoms with van der Waals surface area (Å²) < 4.78 is 0.547. The van der Waals surface area contributed by atoms with E-state index in [0.717, 1.165) is 0 Å². The fourth-order valence-electron chi connectivity index (χ4n) is 1.01. The number of nitriles is 1. The first-order valence-electron chi connectivity index (χ1n) is 3.58. The van der Waals surface area contributed by atoms with E-state index in [2.05, 4.69) is 0 Å². The van der Waals surface area contributed by atoms with E-state index in [1.165, 1.54) is 12.1 Å². The number of primary amides is 1. The van der Waals surface area contributed by atoms with Crippen LogP contribution in [0.4, 0.5) is 0 Å². The summed E-state index contributed by atoms with van der Waals surface area (Å²) in [4.78, 5) is 21.6. The molecule has 2 N–H and O–H groups in total. The molecule has 0 saturated heterocycles. The number of hydrogen-bond donors (Lipinski definition) is 1. The number of rotatable bonds is 2. The lowest BCUT2D eigenvalue weighted by Gasteiger charge is -2.03. The molecule has 1 aromatic carbocycles. The number of carbonyl (C=O) groups is 2. The SMILES string of the molecule is N#Cc1cc(I)c(C=O)c(C(N)=O)c1. The Kier molecular flexibility index (Phi) is 3.19. The molecule has 0 atom stereocenters. The first kappa shape index (κ1) is 10.7. The van der Waals surface area contributed by atoms with Crippen LogP contribution in [0.1, 0.15) is 26.3 Å². The highest BCUT2D eigenvalue weighted by atomic mass is 127. The van der Waals surface area contributed by atoms with Gasteiger partial charge < -0.3 is 5.73 Å². The normalized spacial score (nSPS) is 9.14. The van der Waals surface area contributed by atoms with Crippen molar-refractivity contribution in [3.05, 3.63) is 32.4 Å². The number of hydrogen-bond acceptors (Lipinski definition) is 3. The average Bonchev–Trinajstić information content (AvgIpc) is 2.16. The molecule has 0 aliphatic carbocycles. The van der Waals surface area contributed by atoms with Crippen molar-refractivity contribution >= 4 is 34.8 Å². The Hall–Kier alpha value is -1.42. The highest BCUT2D eigenvalue weighted by Gasteiger charge is 2.12. The predicted molar refractivity (Wildman–Crippen MR) is 57.8 cm³/mol. The van der Waals surface area contributed by atoms with Gasteiger partial charge in [0.15, 0.2) is 6.29 Å².